The van der Waals surface area contributed by atoms with Gasteiger partial charge >= 0.3 is 0 Å². The third-order valence-electron chi connectivity index (χ3n) is 3.60. The van der Waals surface area contributed by atoms with Gasteiger partial charge in [-0.05, 0) is 43.4 Å². The molecule has 1 aromatic carbocycles. The van der Waals surface area contributed by atoms with Crippen molar-refractivity contribution in [2.24, 2.45) is 5.73 Å². The Bertz CT molecular complexity index is 391. The first-order valence-electron chi connectivity index (χ1n) is 5.58. The van der Waals surface area contributed by atoms with Gasteiger partial charge in [0.05, 0.1) is 6.17 Å². The fourth-order valence-electron chi connectivity index (χ4n) is 2.91. The lowest BCUT2D eigenvalue weighted by atomic mass is 10.00. The Hall–Kier alpha value is -0.730. The third-order valence-corrected chi connectivity index (χ3v) is 3.95. The number of piperidine rings is 1. The van der Waals surface area contributed by atoms with Crippen molar-refractivity contribution < 1.29 is 0 Å². The Morgan fingerprint density at radius 3 is 3.07 bits per heavy atom. The van der Waals surface area contributed by atoms with E-state index >= 15 is 0 Å². The fraction of sp³-hybridized carbons (Fsp3) is 0.500. The van der Waals surface area contributed by atoms with E-state index in [0.717, 1.165) is 17.9 Å². The Labute approximate surface area is 95.0 Å². The maximum atomic E-state index is 6.21. The molecule has 2 nitrogen and oxygen atoms in total. The molecule has 0 bridgehead atoms. The minimum Gasteiger partial charge on any atom is -0.353 e. The van der Waals surface area contributed by atoms with Crippen LogP contribution in [0.25, 0.3) is 0 Å². The lowest BCUT2D eigenvalue weighted by molar-refractivity contribution is 0.401. The molecule has 0 radical (unpaired) electrons. The number of hydrogen-bond donors (Lipinski definition) is 1. The highest BCUT2D eigenvalue weighted by molar-refractivity contribution is 6.31. The third kappa shape index (κ3) is 1.35. The van der Waals surface area contributed by atoms with Gasteiger partial charge in [0.15, 0.2) is 0 Å². The molecule has 1 aromatic rings. The van der Waals surface area contributed by atoms with E-state index in [-0.39, 0.29) is 6.17 Å². The zero-order chi connectivity index (χ0) is 10.4. The van der Waals surface area contributed by atoms with E-state index in [4.69, 9.17) is 17.3 Å². The number of nitrogens with zero attached hydrogens (tertiary/aromatic N) is 1. The summed E-state index contributed by atoms with van der Waals surface area (Å²) in [7, 11) is 0. The summed E-state index contributed by atoms with van der Waals surface area (Å²) in [6, 6.07) is 6.73. The summed E-state index contributed by atoms with van der Waals surface area (Å²) < 4.78 is 0. The van der Waals surface area contributed by atoms with Gasteiger partial charge in [0.25, 0.3) is 0 Å². The normalized spacial score (nSPS) is 28.8. The van der Waals surface area contributed by atoms with Crippen LogP contribution in [0.5, 0.6) is 0 Å². The molecular weight excluding hydrogens is 208 g/mol. The van der Waals surface area contributed by atoms with Crippen molar-refractivity contribution in [1.82, 2.24) is 0 Å². The van der Waals surface area contributed by atoms with Crippen LogP contribution < -0.4 is 10.6 Å². The molecule has 0 amide bonds. The van der Waals surface area contributed by atoms with E-state index in [9.17, 15) is 0 Å². The standard InChI is InChI=1S/C12H15ClN2/c13-10-4-2-5-11-9(10)7-8-3-1-6-12(14)15(8)11/h2,4-5,8,12H,1,3,6-7,14H2. The molecule has 0 spiro atoms. The molecule has 3 rings (SSSR count). The van der Waals surface area contributed by atoms with Crippen LogP contribution in [0.3, 0.4) is 0 Å². The van der Waals surface area contributed by atoms with Gasteiger partial charge in [0, 0.05) is 16.8 Å². The van der Waals surface area contributed by atoms with Crippen molar-refractivity contribution in [2.45, 2.75) is 37.9 Å². The van der Waals surface area contributed by atoms with Crippen LogP contribution in [-0.2, 0) is 6.42 Å². The van der Waals surface area contributed by atoms with Crippen molar-refractivity contribution in [2.75, 3.05) is 4.90 Å². The molecule has 80 valence electrons. The van der Waals surface area contributed by atoms with Crippen molar-refractivity contribution in [3.63, 3.8) is 0 Å². The zero-order valence-electron chi connectivity index (χ0n) is 8.62. The minimum absolute atomic E-state index is 0.184. The summed E-state index contributed by atoms with van der Waals surface area (Å²) in [5.74, 6) is 0. The van der Waals surface area contributed by atoms with Gasteiger partial charge in [0.1, 0.15) is 0 Å². The Morgan fingerprint density at radius 2 is 2.20 bits per heavy atom. The molecule has 15 heavy (non-hydrogen) atoms. The lowest BCUT2D eigenvalue weighted by Crippen LogP contribution is -2.49. The van der Waals surface area contributed by atoms with Gasteiger partial charge in [-0.2, -0.15) is 0 Å². The highest BCUT2D eigenvalue weighted by Crippen LogP contribution is 2.41. The first-order chi connectivity index (χ1) is 7.27. The lowest BCUT2D eigenvalue weighted by Gasteiger charge is -2.37. The average Bonchev–Trinajstić information content (AvgIpc) is 2.59. The molecule has 2 atom stereocenters. The summed E-state index contributed by atoms with van der Waals surface area (Å²) in [5.41, 5.74) is 8.72. The summed E-state index contributed by atoms with van der Waals surface area (Å²) in [4.78, 5) is 2.37. The first-order valence-corrected chi connectivity index (χ1v) is 5.96. The number of anilines is 1. The SMILES string of the molecule is NC1CCCC2Cc3c(Cl)cccc3N12. The molecule has 1 saturated heterocycles. The van der Waals surface area contributed by atoms with Crippen LogP contribution in [0.4, 0.5) is 5.69 Å². The molecule has 2 heterocycles. The second-order valence-electron chi connectivity index (χ2n) is 4.50. The second-order valence-corrected chi connectivity index (χ2v) is 4.91. The molecule has 0 aromatic heterocycles. The molecule has 2 unspecified atom stereocenters. The smallest absolute Gasteiger partial charge is 0.0774 e. The van der Waals surface area contributed by atoms with E-state index in [2.05, 4.69) is 11.0 Å². The summed E-state index contributed by atoms with van der Waals surface area (Å²) in [6.07, 6.45) is 4.85. The van der Waals surface area contributed by atoms with Gasteiger partial charge < -0.3 is 10.6 Å². The van der Waals surface area contributed by atoms with Crippen LogP contribution in [0.15, 0.2) is 18.2 Å². The number of benzene rings is 1. The highest BCUT2D eigenvalue weighted by atomic mass is 35.5. The molecule has 3 heteroatoms. The highest BCUT2D eigenvalue weighted by Gasteiger charge is 2.36. The van der Waals surface area contributed by atoms with Gasteiger partial charge in [0.2, 0.25) is 0 Å². The summed E-state index contributed by atoms with van der Waals surface area (Å²) >= 11 is 6.21. The Kier molecular flexibility index (Phi) is 2.15. The second kappa shape index (κ2) is 3.39. The van der Waals surface area contributed by atoms with Gasteiger partial charge in [-0.15, -0.1) is 0 Å². The number of rotatable bonds is 0. The summed E-state index contributed by atoms with van der Waals surface area (Å²) in [5, 5.41) is 0.897. The molecule has 2 N–H and O–H groups in total. The van der Waals surface area contributed by atoms with E-state index < -0.39 is 0 Å². The van der Waals surface area contributed by atoms with E-state index in [1.165, 1.54) is 24.1 Å². The van der Waals surface area contributed by atoms with Crippen molar-refractivity contribution >= 4 is 17.3 Å². The van der Waals surface area contributed by atoms with E-state index in [1.807, 2.05) is 12.1 Å². The molecule has 0 aliphatic carbocycles. The number of fused-ring (bicyclic) bond motifs is 3. The molecule has 2 aliphatic rings. The van der Waals surface area contributed by atoms with Gasteiger partial charge in [-0.1, -0.05) is 17.7 Å². The van der Waals surface area contributed by atoms with Crippen molar-refractivity contribution in [3.8, 4) is 0 Å². The largest absolute Gasteiger partial charge is 0.353 e. The fourth-order valence-corrected chi connectivity index (χ4v) is 3.16. The molecule has 0 saturated carbocycles. The molecule has 1 fully saturated rings. The average molecular weight is 223 g/mol. The predicted octanol–water partition coefficient (Wildman–Crippen LogP) is 2.54. The summed E-state index contributed by atoms with van der Waals surface area (Å²) in [6.45, 7) is 0. The van der Waals surface area contributed by atoms with Gasteiger partial charge in [-0.3, -0.25) is 0 Å². The van der Waals surface area contributed by atoms with Crippen LogP contribution in [-0.4, -0.2) is 12.2 Å². The number of halogens is 1. The van der Waals surface area contributed by atoms with Gasteiger partial charge in [-0.25, -0.2) is 0 Å². The predicted molar refractivity (Wildman–Crippen MR) is 63.2 cm³/mol. The molecule has 2 aliphatic heterocycles. The van der Waals surface area contributed by atoms with Crippen molar-refractivity contribution in [1.29, 1.82) is 0 Å². The number of hydrogen-bond acceptors (Lipinski definition) is 2. The van der Waals surface area contributed by atoms with E-state index in [1.54, 1.807) is 0 Å². The first kappa shape index (κ1) is 9.49. The van der Waals surface area contributed by atoms with Crippen LogP contribution in [0, 0.1) is 0 Å². The van der Waals surface area contributed by atoms with E-state index in [0.29, 0.717) is 6.04 Å². The van der Waals surface area contributed by atoms with Crippen LogP contribution in [0.2, 0.25) is 5.02 Å². The van der Waals surface area contributed by atoms with Crippen molar-refractivity contribution in [3.05, 3.63) is 28.8 Å². The quantitative estimate of drug-likeness (QED) is 0.731. The van der Waals surface area contributed by atoms with Crippen LogP contribution in [0.1, 0.15) is 24.8 Å². The zero-order valence-corrected chi connectivity index (χ0v) is 9.37. The maximum Gasteiger partial charge on any atom is 0.0774 e. The number of nitrogens with two attached hydrogens (primary N) is 1. The molecular formula is C12H15ClN2. The minimum atomic E-state index is 0.184. The maximum absolute atomic E-state index is 6.21. The Morgan fingerprint density at radius 1 is 1.33 bits per heavy atom. The Balaban J connectivity index is 2.07. The topological polar surface area (TPSA) is 29.3 Å². The van der Waals surface area contributed by atoms with Crippen LogP contribution >= 0.6 is 11.6 Å². The monoisotopic (exact) mass is 222 g/mol.